The molecule has 0 unspecified atom stereocenters. The average Bonchev–Trinajstić information content (AvgIpc) is 2.03. The number of carbonyl (C=O) groups excluding carboxylic acids is 1. The first kappa shape index (κ1) is 9.16. The van der Waals surface area contributed by atoms with Crippen molar-refractivity contribution in [3.8, 4) is 0 Å². The van der Waals surface area contributed by atoms with E-state index in [1.807, 2.05) is 30.3 Å². The summed E-state index contributed by atoms with van der Waals surface area (Å²) in [7, 11) is 2.63. The maximum absolute atomic E-state index is 10.5. The van der Waals surface area contributed by atoms with E-state index in [2.05, 4.69) is 15.9 Å². The highest BCUT2D eigenvalue weighted by Gasteiger charge is 1.97. The molecule has 0 aliphatic heterocycles. The van der Waals surface area contributed by atoms with Gasteiger partial charge in [0.05, 0.1) is 0 Å². The summed E-state index contributed by atoms with van der Waals surface area (Å²) in [6.07, 6.45) is 0. The quantitative estimate of drug-likeness (QED) is 0.583. The van der Waals surface area contributed by atoms with Gasteiger partial charge in [-0.3, -0.25) is 4.79 Å². The summed E-state index contributed by atoms with van der Waals surface area (Å²) in [4.78, 5) is 11.6. The molecule has 1 rings (SSSR count). The van der Waals surface area contributed by atoms with E-state index in [0.29, 0.717) is 0 Å². The number of carbonyl (C=O) groups is 1. The lowest BCUT2D eigenvalue weighted by Gasteiger charge is -1.93. The minimum Gasteiger partial charge on any atom is -0.273 e. The molecule has 0 radical (unpaired) electrons. The van der Waals surface area contributed by atoms with Crippen molar-refractivity contribution in [1.29, 1.82) is 0 Å². The number of benzene rings is 1. The molecule has 1 nitrogen and oxygen atoms in total. The van der Waals surface area contributed by atoms with Crippen LogP contribution in [0.25, 0.3) is 0 Å². The second-order valence-electron chi connectivity index (χ2n) is 1.72. The monoisotopic (exact) mass is 248 g/mol. The van der Waals surface area contributed by atoms with Crippen LogP contribution < -0.4 is 0 Å². The maximum Gasteiger partial charge on any atom is 0.265 e. The molecule has 0 aliphatic rings. The molecule has 1 aromatic rings. The standard InChI is InChI=1S/C7H5BrOS2/c8-7(9)11-10-6-4-2-1-3-5-6/h1-5H. The van der Waals surface area contributed by atoms with Crippen LogP contribution in [-0.4, -0.2) is 4.02 Å². The predicted octanol–water partition coefficient (Wildman–Crippen LogP) is 3.94. The molecule has 0 bridgehead atoms. The SMILES string of the molecule is O=C(Br)SSc1ccccc1. The first-order chi connectivity index (χ1) is 5.29. The van der Waals surface area contributed by atoms with Gasteiger partial charge in [0.1, 0.15) is 0 Å². The molecule has 0 N–H and O–H groups in total. The molecule has 11 heavy (non-hydrogen) atoms. The van der Waals surface area contributed by atoms with Crippen LogP contribution in [0.3, 0.4) is 0 Å². The molecule has 0 aliphatic carbocycles. The minimum absolute atomic E-state index is 0.0497. The predicted molar refractivity (Wildman–Crippen MR) is 54.2 cm³/mol. The van der Waals surface area contributed by atoms with Crippen molar-refractivity contribution in [2.75, 3.05) is 0 Å². The Labute approximate surface area is 81.5 Å². The smallest absolute Gasteiger partial charge is 0.265 e. The van der Waals surface area contributed by atoms with Crippen LogP contribution in [-0.2, 0) is 0 Å². The van der Waals surface area contributed by atoms with Crippen LogP contribution in [0, 0.1) is 0 Å². The first-order valence-corrected chi connectivity index (χ1v) is 5.82. The van der Waals surface area contributed by atoms with E-state index < -0.39 is 0 Å². The molecule has 0 saturated carbocycles. The average molecular weight is 249 g/mol. The van der Waals surface area contributed by atoms with Gasteiger partial charge in [-0.25, -0.2) is 0 Å². The number of hydrogen-bond acceptors (Lipinski definition) is 3. The third-order valence-electron chi connectivity index (χ3n) is 0.947. The topological polar surface area (TPSA) is 17.1 Å². The zero-order chi connectivity index (χ0) is 8.10. The van der Waals surface area contributed by atoms with Crippen LogP contribution in [0.15, 0.2) is 35.2 Å². The highest BCUT2D eigenvalue weighted by molar-refractivity contribution is 9.24. The van der Waals surface area contributed by atoms with Crippen molar-refractivity contribution in [3.63, 3.8) is 0 Å². The minimum atomic E-state index is -0.0497. The molecule has 4 heteroatoms. The van der Waals surface area contributed by atoms with Crippen LogP contribution in [0.1, 0.15) is 0 Å². The summed E-state index contributed by atoms with van der Waals surface area (Å²) >= 11 is 2.84. The van der Waals surface area contributed by atoms with E-state index in [0.717, 1.165) is 4.90 Å². The molecular weight excluding hydrogens is 244 g/mol. The Morgan fingerprint density at radius 3 is 2.45 bits per heavy atom. The van der Waals surface area contributed by atoms with E-state index >= 15 is 0 Å². The Morgan fingerprint density at radius 1 is 1.27 bits per heavy atom. The normalized spacial score (nSPS) is 9.55. The van der Waals surface area contributed by atoms with Crippen molar-refractivity contribution in [3.05, 3.63) is 30.3 Å². The van der Waals surface area contributed by atoms with Gasteiger partial charge in [-0.2, -0.15) is 0 Å². The van der Waals surface area contributed by atoms with Crippen molar-refractivity contribution in [2.24, 2.45) is 0 Å². The highest BCUT2D eigenvalue weighted by atomic mass is 79.9. The Hall–Kier alpha value is 0.0700. The zero-order valence-electron chi connectivity index (χ0n) is 5.49. The molecule has 0 saturated heterocycles. The third-order valence-corrected chi connectivity index (χ3v) is 4.04. The maximum atomic E-state index is 10.5. The molecule has 0 atom stereocenters. The van der Waals surface area contributed by atoms with Crippen LogP contribution in [0.4, 0.5) is 4.79 Å². The van der Waals surface area contributed by atoms with Gasteiger partial charge in [0.2, 0.25) is 0 Å². The molecule has 1 aromatic carbocycles. The van der Waals surface area contributed by atoms with Crippen molar-refractivity contribution in [1.82, 2.24) is 0 Å². The Kier molecular flexibility index (Phi) is 4.04. The van der Waals surface area contributed by atoms with Gasteiger partial charge in [-0.15, -0.1) is 0 Å². The lowest BCUT2D eigenvalue weighted by atomic mass is 10.4. The van der Waals surface area contributed by atoms with Crippen molar-refractivity contribution < 1.29 is 4.79 Å². The molecule has 0 aromatic heterocycles. The van der Waals surface area contributed by atoms with E-state index in [-0.39, 0.29) is 4.02 Å². The van der Waals surface area contributed by atoms with Crippen molar-refractivity contribution in [2.45, 2.75) is 4.90 Å². The molecule has 0 spiro atoms. The van der Waals surface area contributed by atoms with E-state index in [1.54, 1.807) is 0 Å². The summed E-state index contributed by atoms with van der Waals surface area (Å²) in [6.45, 7) is 0. The Morgan fingerprint density at radius 2 is 1.91 bits per heavy atom. The molecule has 0 amide bonds. The van der Waals surface area contributed by atoms with E-state index in [9.17, 15) is 4.79 Å². The van der Waals surface area contributed by atoms with Gasteiger partial charge in [0, 0.05) is 20.8 Å². The van der Waals surface area contributed by atoms with Crippen LogP contribution >= 0.6 is 37.5 Å². The Bertz CT molecular complexity index is 237. The second kappa shape index (κ2) is 4.85. The van der Waals surface area contributed by atoms with Gasteiger partial charge < -0.3 is 0 Å². The summed E-state index contributed by atoms with van der Waals surface area (Å²) in [5.74, 6) is 0. The number of hydrogen-bond donors (Lipinski definition) is 0. The summed E-state index contributed by atoms with van der Waals surface area (Å²) in [5, 5.41) is 0. The largest absolute Gasteiger partial charge is 0.273 e. The van der Waals surface area contributed by atoms with Crippen LogP contribution in [0.2, 0.25) is 0 Å². The van der Waals surface area contributed by atoms with E-state index in [4.69, 9.17) is 0 Å². The third kappa shape index (κ3) is 3.84. The number of halogens is 1. The second-order valence-corrected chi connectivity index (χ2v) is 5.14. The van der Waals surface area contributed by atoms with Crippen LogP contribution in [0.5, 0.6) is 0 Å². The molecular formula is C7H5BrOS2. The van der Waals surface area contributed by atoms with Gasteiger partial charge >= 0.3 is 0 Å². The molecule has 58 valence electrons. The Balaban J connectivity index is 2.45. The number of rotatable bonds is 2. The van der Waals surface area contributed by atoms with Gasteiger partial charge in [-0.05, 0) is 33.7 Å². The summed E-state index contributed by atoms with van der Waals surface area (Å²) in [6, 6.07) is 9.77. The fourth-order valence-electron chi connectivity index (χ4n) is 0.557. The first-order valence-electron chi connectivity index (χ1n) is 2.88. The van der Waals surface area contributed by atoms with Gasteiger partial charge in [0.25, 0.3) is 4.02 Å². The van der Waals surface area contributed by atoms with Crippen molar-refractivity contribution >= 4 is 41.5 Å². The lowest BCUT2D eigenvalue weighted by molar-refractivity contribution is 0.277. The fraction of sp³-hybridized carbons (Fsp3) is 0. The summed E-state index contributed by atoms with van der Waals surface area (Å²) in [5.41, 5.74) is 0. The van der Waals surface area contributed by atoms with Gasteiger partial charge in [-0.1, -0.05) is 18.2 Å². The molecule has 0 heterocycles. The van der Waals surface area contributed by atoms with Gasteiger partial charge in [0.15, 0.2) is 0 Å². The van der Waals surface area contributed by atoms with E-state index in [1.165, 1.54) is 21.6 Å². The summed E-state index contributed by atoms with van der Waals surface area (Å²) < 4.78 is -0.0497. The molecule has 0 fully saturated rings. The fourth-order valence-corrected chi connectivity index (χ4v) is 2.40. The zero-order valence-corrected chi connectivity index (χ0v) is 8.71. The lowest BCUT2D eigenvalue weighted by Crippen LogP contribution is -1.67. The highest BCUT2D eigenvalue weighted by Crippen LogP contribution is 2.33.